The van der Waals surface area contributed by atoms with Gasteiger partial charge in [-0.3, -0.25) is 4.79 Å². The average molecular weight is 295 g/mol. The molecule has 20 heavy (non-hydrogen) atoms. The minimum Gasteiger partial charge on any atom is -0.431 e. The third-order valence-corrected chi connectivity index (χ3v) is 3.59. The van der Waals surface area contributed by atoms with E-state index in [9.17, 15) is 4.79 Å². The average Bonchev–Trinajstić information content (AvgIpc) is 2.80. The molecule has 6 nitrogen and oxygen atoms in total. The Morgan fingerprint density at radius 3 is 3.15 bits per heavy atom. The lowest BCUT2D eigenvalue weighted by atomic mass is 10.3. The third-order valence-electron chi connectivity index (χ3n) is 2.65. The number of ether oxygens (including phenoxy) is 1. The molecule has 0 radical (unpaired) electrons. The first-order valence-corrected chi connectivity index (χ1v) is 7.07. The zero-order valence-corrected chi connectivity index (χ0v) is 12.2. The number of benzene rings is 1. The number of carbonyl (C=O) groups is 1. The van der Waals surface area contributed by atoms with E-state index in [0.29, 0.717) is 29.6 Å². The molecular weight excluding hydrogens is 278 g/mol. The highest BCUT2D eigenvalue weighted by Gasteiger charge is 2.17. The second-order valence-electron chi connectivity index (χ2n) is 4.25. The Morgan fingerprint density at radius 2 is 2.40 bits per heavy atom. The van der Waals surface area contributed by atoms with Gasteiger partial charge in [0.05, 0.1) is 11.9 Å². The quantitative estimate of drug-likeness (QED) is 0.478. The zero-order valence-electron chi connectivity index (χ0n) is 11.4. The number of hydrogen-bond acceptors (Lipinski definition) is 6. The Hall–Kier alpha value is -1.73. The van der Waals surface area contributed by atoms with Gasteiger partial charge < -0.3 is 20.2 Å². The van der Waals surface area contributed by atoms with Crippen molar-refractivity contribution in [3.63, 3.8) is 0 Å². The van der Waals surface area contributed by atoms with E-state index < -0.39 is 0 Å². The van der Waals surface area contributed by atoms with Crippen LogP contribution in [0.4, 0.5) is 5.69 Å². The van der Waals surface area contributed by atoms with Gasteiger partial charge in [0, 0.05) is 25.4 Å². The Balaban J connectivity index is 1.98. The lowest BCUT2D eigenvalue weighted by molar-refractivity contribution is -0.120. The molecule has 0 spiro atoms. The molecule has 1 unspecified atom stereocenters. The molecule has 0 aliphatic heterocycles. The van der Waals surface area contributed by atoms with Crippen molar-refractivity contribution in [2.24, 2.45) is 0 Å². The summed E-state index contributed by atoms with van der Waals surface area (Å²) in [6, 6.07) is 5.28. The Labute approximate surface area is 121 Å². The predicted octanol–water partition coefficient (Wildman–Crippen LogP) is 1.65. The minimum atomic E-state index is -0.294. The monoisotopic (exact) mass is 295 g/mol. The number of rotatable bonds is 6. The molecule has 2 rings (SSSR count). The van der Waals surface area contributed by atoms with Gasteiger partial charge in [0.2, 0.25) is 5.91 Å². The van der Waals surface area contributed by atoms with Gasteiger partial charge in [-0.15, -0.1) is 0 Å². The number of thioether (sulfide) groups is 1. The van der Waals surface area contributed by atoms with Crippen LogP contribution in [-0.4, -0.2) is 36.4 Å². The SMILES string of the molecule is COCCNC(=O)C(C)Sc1nc2ccc(N)cc2o1. The molecule has 0 saturated heterocycles. The summed E-state index contributed by atoms with van der Waals surface area (Å²) in [5.41, 5.74) is 7.66. The highest BCUT2D eigenvalue weighted by atomic mass is 32.2. The molecule has 1 heterocycles. The van der Waals surface area contributed by atoms with Gasteiger partial charge in [0.25, 0.3) is 5.22 Å². The summed E-state index contributed by atoms with van der Waals surface area (Å²) in [6.45, 7) is 2.78. The molecule has 108 valence electrons. The van der Waals surface area contributed by atoms with Crippen LogP contribution in [-0.2, 0) is 9.53 Å². The smallest absolute Gasteiger partial charge is 0.257 e. The van der Waals surface area contributed by atoms with E-state index in [4.69, 9.17) is 14.9 Å². The van der Waals surface area contributed by atoms with Gasteiger partial charge in [0.15, 0.2) is 5.58 Å². The first-order valence-electron chi connectivity index (χ1n) is 6.19. The van der Waals surface area contributed by atoms with Gasteiger partial charge in [-0.25, -0.2) is 4.98 Å². The van der Waals surface area contributed by atoms with Gasteiger partial charge in [-0.2, -0.15) is 0 Å². The summed E-state index contributed by atoms with van der Waals surface area (Å²) in [4.78, 5) is 16.1. The van der Waals surface area contributed by atoms with Crippen molar-refractivity contribution >= 4 is 34.5 Å². The molecule has 1 aromatic carbocycles. The topological polar surface area (TPSA) is 90.4 Å². The first-order chi connectivity index (χ1) is 9.60. The van der Waals surface area contributed by atoms with Crippen LogP contribution in [0.3, 0.4) is 0 Å². The van der Waals surface area contributed by atoms with Crippen molar-refractivity contribution in [3.8, 4) is 0 Å². The maximum Gasteiger partial charge on any atom is 0.257 e. The standard InChI is InChI=1S/C13H17N3O3S/c1-8(12(17)15-5-6-18-2)20-13-16-10-4-3-9(14)7-11(10)19-13/h3-4,7-8H,5-6,14H2,1-2H3,(H,15,17). The van der Waals surface area contributed by atoms with Crippen molar-refractivity contribution in [2.75, 3.05) is 26.0 Å². The number of nitrogen functional groups attached to an aromatic ring is 1. The molecule has 1 atom stereocenters. The van der Waals surface area contributed by atoms with E-state index in [0.717, 1.165) is 5.52 Å². The minimum absolute atomic E-state index is 0.0752. The van der Waals surface area contributed by atoms with Gasteiger partial charge in [0.1, 0.15) is 5.52 Å². The van der Waals surface area contributed by atoms with Crippen molar-refractivity contribution in [1.82, 2.24) is 10.3 Å². The summed E-state index contributed by atoms with van der Waals surface area (Å²) < 4.78 is 10.4. The lowest BCUT2D eigenvalue weighted by Gasteiger charge is -2.09. The number of nitrogens with zero attached hydrogens (tertiary/aromatic N) is 1. The van der Waals surface area contributed by atoms with Crippen LogP contribution >= 0.6 is 11.8 Å². The number of amides is 1. The summed E-state index contributed by atoms with van der Waals surface area (Å²) in [7, 11) is 1.59. The molecule has 1 aromatic heterocycles. The Kier molecular flexibility index (Phi) is 4.86. The number of methoxy groups -OCH3 is 1. The first kappa shape index (κ1) is 14.7. The maximum atomic E-state index is 11.8. The fourth-order valence-electron chi connectivity index (χ4n) is 1.60. The summed E-state index contributed by atoms with van der Waals surface area (Å²) in [5, 5.41) is 2.94. The molecule has 1 amide bonds. The zero-order chi connectivity index (χ0) is 14.5. The molecule has 7 heteroatoms. The summed E-state index contributed by atoms with van der Waals surface area (Å²) in [5.74, 6) is -0.0752. The van der Waals surface area contributed by atoms with Crippen LogP contribution in [0, 0.1) is 0 Å². The number of nitrogens with one attached hydrogen (secondary N) is 1. The maximum absolute atomic E-state index is 11.8. The summed E-state index contributed by atoms with van der Waals surface area (Å²) in [6.07, 6.45) is 0. The molecular formula is C13H17N3O3S. The van der Waals surface area contributed by atoms with Crippen LogP contribution in [0.2, 0.25) is 0 Å². The van der Waals surface area contributed by atoms with Crippen LogP contribution in [0.25, 0.3) is 11.1 Å². The molecule has 0 aliphatic carbocycles. The van der Waals surface area contributed by atoms with Crippen LogP contribution in [0.5, 0.6) is 0 Å². The molecule has 0 aliphatic rings. The Bertz CT molecular complexity index is 600. The number of anilines is 1. The van der Waals surface area contributed by atoms with E-state index in [2.05, 4.69) is 10.3 Å². The van der Waals surface area contributed by atoms with Gasteiger partial charge in [-0.1, -0.05) is 11.8 Å². The second kappa shape index (κ2) is 6.62. The predicted molar refractivity (Wildman–Crippen MR) is 78.6 cm³/mol. The molecule has 2 aromatic rings. The van der Waals surface area contributed by atoms with Crippen molar-refractivity contribution in [3.05, 3.63) is 18.2 Å². The molecule has 3 N–H and O–H groups in total. The largest absolute Gasteiger partial charge is 0.431 e. The highest BCUT2D eigenvalue weighted by molar-refractivity contribution is 8.00. The molecule has 0 saturated carbocycles. The second-order valence-corrected chi connectivity index (χ2v) is 5.54. The lowest BCUT2D eigenvalue weighted by Crippen LogP contribution is -2.33. The number of carbonyl (C=O) groups excluding carboxylic acids is 1. The van der Waals surface area contributed by atoms with Gasteiger partial charge in [-0.05, 0) is 19.1 Å². The molecule has 0 fully saturated rings. The van der Waals surface area contributed by atoms with E-state index >= 15 is 0 Å². The fraction of sp³-hybridized carbons (Fsp3) is 0.385. The summed E-state index contributed by atoms with van der Waals surface area (Å²) >= 11 is 1.27. The van der Waals surface area contributed by atoms with E-state index in [1.807, 2.05) is 0 Å². The van der Waals surface area contributed by atoms with E-state index in [-0.39, 0.29) is 11.2 Å². The fourth-order valence-corrected chi connectivity index (χ4v) is 2.38. The van der Waals surface area contributed by atoms with Crippen LogP contribution < -0.4 is 11.1 Å². The van der Waals surface area contributed by atoms with Gasteiger partial charge >= 0.3 is 0 Å². The molecule has 0 bridgehead atoms. The normalized spacial score (nSPS) is 12.5. The number of aromatic nitrogens is 1. The number of fused-ring (bicyclic) bond motifs is 1. The van der Waals surface area contributed by atoms with Crippen molar-refractivity contribution in [1.29, 1.82) is 0 Å². The number of hydrogen-bond donors (Lipinski definition) is 2. The Morgan fingerprint density at radius 1 is 1.60 bits per heavy atom. The van der Waals surface area contributed by atoms with Crippen LogP contribution in [0.15, 0.2) is 27.8 Å². The van der Waals surface area contributed by atoms with E-state index in [1.54, 1.807) is 32.2 Å². The van der Waals surface area contributed by atoms with Crippen molar-refractivity contribution < 1.29 is 13.9 Å². The van der Waals surface area contributed by atoms with Crippen molar-refractivity contribution in [2.45, 2.75) is 17.4 Å². The highest BCUT2D eigenvalue weighted by Crippen LogP contribution is 2.27. The number of oxazole rings is 1. The number of nitrogens with two attached hydrogens (primary N) is 1. The van der Waals surface area contributed by atoms with E-state index in [1.165, 1.54) is 11.8 Å². The van der Waals surface area contributed by atoms with Crippen LogP contribution in [0.1, 0.15) is 6.92 Å². The third kappa shape index (κ3) is 3.64.